The summed E-state index contributed by atoms with van der Waals surface area (Å²) in [5.41, 5.74) is 8.75. The highest BCUT2D eigenvalue weighted by Gasteiger charge is 2.36. The fraction of sp³-hybridized carbons (Fsp3) is 0.300. The third kappa shape index (κ3) is 3.22. The van der Waals surface area contributed by atoms with Crippen molar-refractivity contribution in [2.24, 2.45) is 5.73 Å². The Morgan fingerprint density at radius 3 is 3.04 bits per heavy atom. The molecule has 28 heavy (non-hydrogen) atoms. The van der Waals surface area contributed by atoms with Crippen LogP contribution in [0.3, 0.4) is 0 Å². The lowest BCUT2D eigenvalue weighted by Gasteiger charge is -2.23. The van der Waals surface area contributed by atoms with Crippen LogP contribution in [-0.2, 0) is 6.42 Å². The summed E-state index contributed by atoms with van der Waals surface area (Å²) in [6, 6.07) is 5.91. The predicted octanol–water partition coefficient (Wildman–Crippen LogP) is 3.85. The summed E-state index contributed by atoms with van der Waals surface area (Å²) in [6.07, 6.45) is 4.11. The Balaban J connectivity index is 1.67. The first kappa shape index (κ1) is 18.8. The van der Waals surface area contributed by atoms with Crippen molar-refractivity contribution < 1.29 is 9.84 Å². The summed E-state index contributed by atoms with van der Waals surface area (Å²) in [6.45, 7) is 8.10. The molecule has 4 N–H and O–H groups in total. The van der Waals surface area contributed by atoms with E-state index in [9.17, 15) is 5.11 Å². The highest BCUT2D eigenvalue weighted by Crippen LogP contribution is 2.42. The first-order valence-corrected chi connectivity index (χ1v) is 9.79. The summed E-state index contributed by atoms with van der Waals surface area (Å²) >= 11 is 3.60. The predicted molar refractivity (Wildman–Crippen MR) is 113 cm³/mol. The van der Waals surface area contributed by atoms with Crippen LogP contribution in [0.15, 0.2) is 41.6 Å². The number of rotatable bonds is 5. The van der Waals surface area contributed by atoms with Crippen LogP contribution in [0.5, 0.6) is 5.75 Å². The molecule has 4 rings (SSSR count). The number of aliphatic hydroxyl groups excluding tert-OH is 1. The number of aromatic nitrogens is 3. The van der Waals surface area contributed by atoms with E-state index in [0.717, 1.165) is 27.8 Å². The Hall–Kier alpha value is -2.58. The summed E-state index contributed by atoms with van der Waals surface area (Å²) in [5.74, 6) is 1.48. The normalized spacial score (nSPS) is 19.3. The third-order valence-corrected chi connectivity index (χ3v) is 5.47. The highest BCUT2D eigenvalue weighted by molar-refractivity contribution is 9.10. The third-order valence-electron chi connectivity index (χ3n) is 5.01. The van der Waals surface area contributed by atoms with Gasteiger partial charge in [-0.1, -0.05) is 22.5 Å². The number of anilines is 1. The number of aliphatic hydroxyl groups is 1. The number of benzene rings is 1. The monoisotopic (exact) mass is 443 g/mol. The summed E-state index contributed by atoms with van der Waals surface area (Å²) in [5, 5.41) is 17.3. The molecule has 0 spiro atoms. The molecule has 8 heteroatoms. The lowest BCUT2D eigenvalue weighted by atomic mass is 9.97. The van der Waals surface area contributed by atoms with Gasteiger partial charge in [-0.3, -0.25) is 0 Å². The van der Waals surface area contributed by atoms with Crippen LogP contribution in [0, 0.1) is 0 Å². The second-order valence-electron chi connectivity index (χ2n) is 7.37. The number of nitrogens with one attached hydrogen (secondary N) is 1. The second kappa shape index (κ2) is 6.79. The zero-order valence-corrected chi connectivity index (χ0v) is 17.3. The Morgan fingerprint density at radius 1 is 1.54 bits per heavy atom. The summed E-state index contributed by atoms with van der Waals surface area (Å²) in [4.78, 5) is 4.58. The van der Waals surface area contributed by atoms with Crippen LogP contribution >= 0.6 is 15.9 Å². The van der Waals surface area contributed by atoms with Gasteiger partial charge in [0.05, 0.1) is 17.8 Å². The minimum absolute atomic E-state index is 0.0630. The minimum Gasteiger partial charge on any atom is -0.508 e. The maximum absolute atomic E-state index is 9.73. The van der Waals surface area contributed by atoms with Gasteiger partial charge in [-0.15, -0.1) is 0 Å². The van der Waals surface area contributed by atoms with E-state index >= 15 is 0 Å². The molecule has 0 amide bonds. The number of nitrogens with zero attached hydrogens (tertiary/aromatic N) is 3. The minimum atomic E-state index is -0.386. The number of fused-ring (bicyclic) bond motifs is 2. The van der Waals surface area contributed by atoms with Gasteiger partial charge in [-0.25, -0.2) is 9.50 Å². The Kier molecular flexibility index (Phi) is 4.55. The Bertz CT molecular complexity index is 1080. The Labute approximate surface area is 171 Å². The number of ether oxygens (including phenoxy) is 1. The quantitative estimate of drug-likeness (QED) is 0.518. The molecule has 7 nitrogen and oxygen atoms in total. The van der Waals surface area contributed by atoms with Crippen molar-refractivity contribution in [3.8, 4) is 5.75 Å². The SMILES string of the molecule is C=C(O)c1cnn2ccc(N[C@H](C)c3cc(Br)cc4c3OC(C)(CN)C4)nc12. The molecule has 2 aromatic heterocycles. The fourth-order valence-electron chi connectivity index (χ4n) is 3.50. The molecule has 0 saturated heterocycles. The van der Waals surface area contributed by atoms with Gasteiger partial charge in [0.15, 0.2) is 5.65 Å². The van der Waals surface area contributed by atoms with E-state index in [4.69, 9.17) is 10.5 Å². The standard InChI is InChI=1S/C20H22BrN5O2/c1-11(15-7-14(21)6-13-8-20(3,10-22)28-18(13)15)24-17-4-5-26-19(25-17)16(9-23-26)12(2)27/h4-7,9,11,27H,2,8,10,22H2,1,3H3,(H,24,25)/t11-,20?/m1/s1. The van der Waals surface area contributed by atoms with E-state index in [2.05, 4.69) is 57.0 Å². The maximum Gasteiger partial charge on any atom is 0.168 e. The molecule has 0 radical (unpaired) electrons. The molecule has 1 aliphatic rings. The summed E-state index contributed by atoms with van der Waals surface area (Å²) < 4.78 is 8.83. The number of halogens is 1. The van der Waals surface area contributed by atoms with Crippen LogP contribution < -0.4 is 15.8 Å². The Morgan fingerprint density at radius 2 is 2.32 bits per heavy atom. The molecule has 146 valence electrons. The number of hydrogen-bond acceptors (Lipinski definition) is 6. The lowest BCUT2D eigenvalue weighted by Crippen LogP contribution is -2.39. The molecule has 1 aromatic carbocycles. The molecule has 3 aromatic rings. The van der Waals surface area contributed by atoms with Crippen LogP contribution in [0.1, 0.15) is 36.6 Å². The van der Waals surface area contributed by atoms with Gasteiger partial charge in [-0.2, -0.15) is 5.10 Å². The van der Waals surface area contributed by atoms with E-state index in [0.29, 0.717) is 23.6 Å². The number of nitrogens with two attached hydrogens (primary N) is 1. The van der Waals surface area contributed by atoms with Gasteiger partial charge in [0.2, 0.25) is 0 Å². The topological polar surface area (TPSA) is 97.7 Å². The van der Waals surface area contributed by atoms with Gasteiger partial charge in [0, 0.05) is 29.2 Å². The van der Waals surface area contributed by atoms with Crippen molar-refractivity contribution in [1.82, 2.24) is 14.6 Å². The molecule has 3 heterocycles. The zero-order valence-electron chi connectivity index (χ0n) is 15.7. The largest absolute Gasteiger partial charge is 0.508 e. The molecule has 2 atom stereocenters. The number of hydrogen-bond donors (Lipinski definition) is 3. The van der Waals surface area contributed by atoms with Crippen LogP contribution in [0.2, 0.25) is 0 Å². The van der Waals surface area contributed by atoms with Crippen molar-refractivity contribution in [3.63, 3.8) is 0 Å². The first-order chi connectivity index (χ1) is 13.3. The van der Waals surface area contributed by atoms with E-state index in [1.807, 2.05) is 13.0 Å². The van der Waals surface area contributed by atoms with Crippen molar-refractivity contribution in [2.75, 3.05) is 11.9 Å². The lowest BCUT2D eigenvalue weighted by molar-refractivity contribution is 0.124. The van der Waals surface area contributed by atoms with Gasteiger partial charge < -0.3 is 20.9 Å². The van der Waals surface area contributed by atoms with Crippen LogP contribution in [-0.4, -0.2) is 31.9 Å². The van der Waals surface area contributed by atoms with Gasteiger partial charge >= 0.3 is 0 Å². The van der Waals surface area contributed by atoms with Crippen molar-refractivity contribution in [2.45, 2.75) is 31.9 Å². The van der Waals surface area contributed by atoms with E-state index < -0.39 is 0 Å². The maximum atomic E-state index is 9.73. The van der Waals surface area contributed by atoms with Gasteiger partial charge in [-0.05, 0) is 37.6 Å². The molecular weight excluding hydrogens is 422 g/mol. The molecular formula is C20H22BrN5O2. The first-order valence-electron chi connectivity index (χ1n) is 9.00. The van der Waals surface area contributed by atoms with Crippen molar-refractivity contribution >= 4 is 33.2 Å². The van der Waals surface area contributed by atoms with Gasteiger partial charge in [0.25, 0.3) is 0 Å². The summed E-state index contributed by atoms with van der Waals surface area (Å²) in [7, 11) is 0. The van der Waals surface area contributed by atoms with Crippen molar-refractivity contribution in [1.29, 1.82) is 0 Å². The molecule has 0 aliphatic carbocycles. The van der Waals surface area contributed by atoms with Gasteiger partial charge in [0.1, 0.15) is 22.9 Å². The van der Waals surface area contributed by atoms with E-state index in [1.165, 1.54) is 0 Å². The fourth-order valence-corrected chi connectivity index (χ4v) is 4.03. The highest BCUT2D eigenvalue weighted by atomic mass is 79.9. The molecule has 0 saturated carbocycles. The van der Waals surface area contributed by atoms with E-state index in [1.54, 1.807) is 16.9 Å². The zero-order chi connectivity index (χ0) is 20.1. The second-order valence-corrected chi connectivity index (χ2v) is 8.28. The average molecular weight is 444 g/mol. The van der Waals surface area contributed by atoms with Crippen molar-refractivity contribution in [3.05, 3.63) is 58.3 Å². The molecule has 1 unspecified atom stereocenters. The molecule has 0 bridgehead atoms. The van der Waals surface area contributed by atoms with Crippen LogP contribution in [0.4, 0.5) is 5.82 Å². The van der Waals surface area contributed by atoms with E-state index in [-0.39, 0.29) is 17.4 Å². The molecule has 0 fully saturated rings. The van der Waals surface area contributed by atoms with Crippen LogP contribution in [0.25, 0.3) is 11.4 Å². The molecule has 1 aliphatic heterocycles. The smallest absolute Gasteiger partial charge is 0.168 e. The average Bonchev–Trinajstić information content (AvgIpc) is 3.21.